The van der Waals surface area contributed by atoms with Crippen LogP contribution in [0.1, 0.15) is 0 Å². The van der Waals surface area contributed by atoms with Crippen molar-refractivity contribution in [1.29, 1.82) is 0 Å². The number of hydrogen-bond donors (Lipinski definition) is 0. The number of pyridine rings is 2. The van der Waals surface area contributed by atoms with Crippen molar-refractivity contribution in [3.63, 3.8) is 0 Å². The summed E-state index contributed by atoms with van der Waals surface area (Å²) in [6.45, 7) is 0. The van der Waals surface area contributed by atoms with Crippen molar-refractivity contribution in [1.82, 2.24) is 9.97 Å². The van der Waals surface area contributed by atoms with Crippen LogP contribution in [-0.4, -0.2) is 22.9 Å². The van der Waals surface area contributed by atoms with E-state index < -0.39 is 10.1 Å². The molecule has 3 aromatic carbocycles. The van der Waals surface area contributed by atoms with Gasteiger partial charge in [0.05, 0.1) is 15.9 Å². The summed E-state index contributed by atoms with van der Waals surface area (Å²) >= 11 is 0. The van der Waals surface area contributed by atoms with Crippen molar-refractivity contribution in [2.24, 2.45) is 0 Å². The molecule has 0 fully saturated rings. The number of aromatic nitrogens is 2. The molecule has 8 nitrogen and oxygen atoms in total. The summed E-state index contributed by atoms with van der Waals surface area (Å²) in [6.07, 6.45) is 3.36. The van der Waals surface area contributed by atoms with Gasteiger partial charge in [-0.05, 0) is 58.7 Å². The van der Waals surface area contributed by atoms with Gasteiger partial charge in [0, 0.05) is 23.2 Å². The second-order valence-corrected chi connectivity index (χ2v) is 8.61. The molecule has 5 aromatic rings. The molecule has 0 aliphatic rings. The van der Waals surface area contributed by atoms with E-state index >= 15 is 0 Å². The molecular formula is C24H14N2Na2O6S. The fraction of sp³-hybridized carbons (Fsp3) is 0. The summed E-state index contributed by atoms with van der Waals surface area (Å²) in [7, 11) is -4.51. The fourth-order valence-corrected chi connectivity index (χ4v) is 4.33. The van der Waals surface area contributed by atoms with E-state index in [9.17, 15) is 18.2 Å². The Balaban J connectivity index is 0.00000171. The molecule has 0 saturated heterocycles. The Morgan fingerprint density at radius 2 is 1.11 bits per heavy atom. The first-order valence-corrected chi connectivity index (χ1v) is 11.2. The van der Waals surface area contributed by atoms with Gasteiger partial charge in [0.1, 0.15) is 10.1 Å². The first-order valence-electron chi connectivity index (χ1n) is 9.75. The largest absolute Gasteiger partial charge is 1.00 e. The van der Waals surface area contributed by atoms with Gasteiger partial charge in [-0.3, -0.25) is 9.97 Å². The molecule has 35 heavy (non-hydrogen) atoms. The summed E-state index contributed by atoms with van der Waals surface area (Å²) in [6, 6.07) is 20.3. The Labute approximate surface area is 245 Å². The third kappa shape index (κ3) is 5.60. The normalized spacial score (nSPS) is 11.0. The molecule has 164 valence electrons. The number of fused-ring (bicyclic) bond motifs is 3. The molecule has 0 N–H and O–H groups in total. The Kier molecular flexibility index (Phi) is 9.06. The van der Waals surface area contributed by atoms with Crippen molar-refractivity contribution in [3.8, 4) is 28.0 Å². The minimum Gasteiger partial charge on any atom is -0.744 e. The van der Waals surface area contributed by atoms with E-state index in [0.717, 1.165) is 33.0 Å². The van der Waals surface area contributed by atoms with E-state index in [-0.39, 0.29) is 64.0 Å². The SMILES string of the molecule is O=S(=O)([O-])c1ccc(-c2ccnc3c2ccc2c(-c4ccc(OO[O-])cc4)ccnc23)cc1.[Na+].[Na+]. The molecule has 0 radical (unpaired) electrons. The van der Waals surface area contributed by atoms with Gasteiger partial charge < -0.3 is 14.7 Å². The van der Waals surface area contributed by atoms with E-state index in [4.69, 9.17) is 0 Å². The first kappa shape index (κ1) is 27.7. The molecule has 0 aliphatic carbocycles. The second kappa shape index (κ2) is 11.4. The predicted octanol–water partition coefficient (Wildman–Crippen LogP) is -2.39. The molecule has 0 bridgehead atoms. The standard InChI is InChI=1S/C24H16N2O6S.2Na/c27-32-31-17-5-1-15(2-6-17)19-11-13-25-23-21(19)9-10-22-20(12-14-26-24(22)23)16-3-7-18(8-4-16)33(28,29)30;;/h1-14,27H,(H,28,29,30);;/q;2*+1/p-2. The third-order valence-corrected chi connectivity index (χ3v) is 6.22. The second-order valence-electron chi connectivity index (χ2n) is 7.23. The molecule has 0 spiro atoms. The van der Waals surface area contributed by atoms with Gasteiger partial charge in [-0.15, -0.1) is 0 Å². The number of nitrogens with zero attached hydrogens (tertiary/aromatic N) is 2. The Morgan fingerprint density at radius 3 is 1.54 bits per heavy atom. The average molecular weight is 504 g/mol. The van der Waals surface area contributed by atoms with Crippen molar-refractivity contribution in [3.05, 3.63) is 85.2 Å². The molecule has 5 rings (SSSR count). The third-order valence-electron chi connectivity index (χ3n) is 5.37. The summed E-state index contributed by atoms with van der Waals surface area (Å²) < 4.78 is 33.7. The van der Waals surface area contributed by atoms with Gasteiger partial charge in [0.15, 0.2) is 5.75 Å². The smallest absolute Gasteiger partial charge is 0.744 e. The number of benzene rings is 3. The Morgan fingerprint density at radius 1 is 0.657 bits per heavy atom. The van der Waals surface area contributed by atoms with Crippen LogP contribution in [0.3, 0.4) is 0 Å². The molecule has 0 aliphatic heterocycles. The van der Waals surface area contributed by atoms with Crippen LogP contribution in [0.5, 0.6) is 5.75 Å². The van der Waals surface area contributed by atoms with Gasteiger partial charge in [-0.2, -0.15) is 0 Å². The summed E-state index contributed by atoms with van der Waals surface area (Å²) in [5.41, 5.74) is 4.80. The molecular weight excluding hydrogens is 490 g/mol. The van der Waals surface area contributed by atoms with E-state index in [0.29, 0.717) is 16.8 Å². The topological polar surface area (TPSA) is 125 Å². The zero-order valence-electron chi connectivity index (χ0n) is 18.8. The van der Waals surface area contributed by atoms with Gasteiger partial charge in [0.2, 0.25) is 0 Å². The van der Waals surface area contributed by atoms with Crippen molar-refractivity contribution < 1.29 is 87.3 Å². The van der Waals surface area contributed by atoms with Crippen molar-refractivity contribution >= 4 is 31.9 Å². The minimum absolute atomic E-state index is 0. The molecule has 2 heterocycles. The minimum atomic E-state index is -4.51. The van der Waals surface area contributed by atoms with E-state index in [1.54, 1.807) is 36.7 Å². The molecule has 0 amide bonds. The van der Waals surface area contributed by atoms with Crippen LogP contribution in [0.4, 0.5) is 0 Å². The van der Waals surface area contributed by atoms with Crippen molar-refractivity contribution in [2.45, 2.75) is 4.90 Å². The zero-order valence-corrected chi connectivity index (χ0v) is 23.7. The maximum atomic E-state index is 11.2. The van der Waals surface area contributed by atoms with Crippen LogP contribution >= 0.6 is 0 Å². The van der Waals surface area contributed by atoms with Gasteiger partial charge >= 0.3 is 59.1 Å². The summed E-state index contributed by atoms with van der Waals surface area (Å²) in [4.78, 5) is 13.3. The van der Waals surface area contributed by atoms with Crippen LogP contribution in [-0.2, 0) is 15.2 Å². The van der Waals surface area contributed by atoms with Crippen molar-refractivity contribution in [2.75, 3.05) is 0 Å². The summed E-state index contributed by atoms with van der Waals surface area (Å²) in [5.74, 6) is 0.291. The van der Waals surface area contributed by atoms with Crippen LogP contribution in [0.25, 0.3) is 44.1 Å². The van der Waals surface area contributed by atoms with E-state index in [2.05, 4.69) is 19.9 Å². The molecule has 2 aromatic heterocycles. The van der Waals surface area contributed by atoms with E-state index in [1.165, 1.54) is 12.1 Å². The zero-order chi connectivity index (χ0) is 23.0. The molecule has 0 atom stereocenters. The quantitative estimate of drug-likeness (QED) is 0.0855. The molecule has 11 heteroatoms. The van der Waals surface area contributed by atoms with Gasteiger partial charge in [-0.25, -0.2) is 13.5 Å². The molecule has 0 saturated carbocycles. The van der Waals surface area contributed by atoms with Crippen LogP contribution in [0, 0.1) is 0 Å². The van der Waals surface area contributed by atoms with Gasteiger partial charge in [-0.1, -0.05) is 36.4 Å². The number of hydrogen-bond acceptors (Lipinski definition) is 8. The van der Waals surface area contributed by atoms with Gasteiger partial charge in [0.25, 0.3) is 0 Å². The number of rotatable bonds is 5. The average Bonchev–Trinajstić information content (AvgIpc) is 2.83. The van der Waals surface area contributed by atoms with Crippen LogP contribution in [0.15, 0.2) is 90.1 Å². The monoisotopic (exact) mass is 504 g/mol. The first-order chi connectivity index (χ1) is 16.0. The molecule has 0 unspecified atom stereocenters. The van der Waals surface area contributed by atoms with E-state index in [1.807, 2.05) is 36.4 Å². The van der Waals surface area contributed by atoms with Crippen LogP contribution in [0.2, 0.25) is 0 Å². The fourth-order valence-electron chi connectivity index (χ4n) is 3.86. The predicted molar refractivity (Wildman–Crippen MR) is 118 cm³/mol. The summed E-state index contributed by atoms with van der Waals surface area (Å²) in [5, 5.41) is 15.3. The Hall–Kier alpha value is -1.89. The Bertz CT molecular complexity index is 1600. The van der Waals surface area contributed by atoms with Crippen LogP contribution < -0.4 is 69.3 Å². The maximum absolute atomic E-state index is 11.2. The maximum Gasteiger partial charge on any atom is 1.00 e.